The fourth-order valence-electron chi connectivity index (χ4n) is 4.45. The van der Waals surface area contributed by atoms with Crippen molar-refractivity contribution in [3.8, 4) is 29.4 Å². The lowest BCUT2D eigenvalue weighted by Crippen LogP contribution is -2.25. The van der Waals surface area contributed by atoms with Crippen LogP contribution in [-0.2, 0) is 4.79 Å². The molecular weight excluding hydrogens is 404 g/mol. The number of benzene rings is 2. The van der Waals surface area contributed by atoms with Crippen molar-refractivity contribution in [3.05, 3.63) is 65.2 Å². The molecule has 1 fully saturated rings. The normalized spacial score (nSPS) is 17.3. The Morgan fingerprint density at radius 2 is 1.33 bits per heavy atom. The predicted octanol–water partition coefficient (Wildman–Crippen LogP) is 7.53. The van der Waals surface area contributed by atoms with Crippen molar-refractivity contribution in [2.24, 2.45) is 11.8 Å². The lowest BCUT2D eigenvalue weighted by molar-refractivity contribution is -0.140. The molecule has 0 bridgehead atoms. The molecule has 0 aliphatic heterocycles. The van der Waals surface area contributed by atoms with Crippen LogP contribution >= 0.6 is 0 Å². The Labute approximate surface area is 200 Å². The van der Waals surface area contributed by atoms with Gasteiger partial charge in [0.25, 0.3) is 0 Å². The Kier molecular flexibility index (Phi) is 10.1. The van der Waals surface area contributed by atoms with E-state index >= 15 is 0 Å². The molecule has 0 saturated heterocycles. The van der Waals surface area contributed by atoms with Crippen LogP contribution in [0.15, 0.2) is 48.5 Å². The van der Waals surface area contributed by atoms with Gasteiger partial charge in [0.2, 0.25) is 0 Å². The molecule has 0 aromatic heterocycles. The molecule has 172 valence electrons. The predicted molar refractivity (Wildman–Crippen MR) is 136 cm³/mol. The van der Waals surface area contributed by atoms with Gasteiger partial charge in [-0.15, -0.1) is 5.92 Å². The van der Waals surface area contributed by atoms with E-state index in [1.165, 1.54) is 38.5 Å². The van der Waals surface area contributed by atoms with Gasteiger partial charge in [-0.3, -0.25) is 4.79 Å². The Balaban J connectivity index is 1.43. The van der Waals surface area contributed by atoms with Gasteiger partial charge in [-0.1, -0.05) is 63.2 Å². The second kappa shape index (κ2) is 13.5. The summed E-state index contributed by atoms with van der Waals surface area (Å²) in [5, 5.41) is 0. The topological polar surface area (TPSA) is 26.3 Å². The largest absolute Gasteiger partial charge is 0.426 e. The van der Waals surface area contributed by atoms with Crippen LogP contribution in [0.3, 0.4) is 0 Å². The van der Waals surface area contributed by atoms with Crippen molar-refractivity contribution in [1.82, 2.24) is 0 Å². The van der Waals surface area contributed by atoms with Crippen LogP contribution in [0.25, 0.3) is 0 Å². The van der Waals surface area contributed by atoms with E-state index in [4.69, 9.17) is 4.74 Å². The molecule has 1 saturated carbocycles. The molecule has 1 aliphatic rings. The van der Waals surface area contributed by atoms with Crippen LogP contribution in [-0.4, -0.2) is 5.97 Å². The second-order valence-electron chi connectivity index (χ2n) is 9.07. The lowest BCUT2D eigenvalue weighted by atomic mass is 9.80. The van der Waals surface area contributed by atoms with Crippen molar-refractivity contribution >= 4 is 5.97 Å². The molecule has 33 heavy (non-hydrogen) atoms. The highest BCUT2D eigenvalue weighted by Crippen LogP contribution is 2.33. The maximum Gasteiger partial charge on any atom is 0.314 e. The van der Waals surface area contributed by atoms with E-state index in [1.54, 1.807) is 0 Å². The van der Waals surface area contributed by atoms with Crippen LogP contribution in [0, 0.1) is 35.5 Å². The number of rotatable bonds is 8. The minimum absolute atomic E-state index is 0.0428. The lowest BCUT2D eigenvalue weighted by Gasteiger charge is -2.27. The SMILES string of the molecule is CC#Cc1ccc(C#Cc2ccc(OC(=O)C3CCC(CCCCCCC)CC3)cc2)cc1. The monoisotopic (exact) mass is 440 g/mol. The third kappa shape index (κ3) is 8.47. The number of unbranched alkanes of at least 4 members (excludes halogenated alkanes) is 4. The van der Waals surface area contributed by atoms with Gasteiger partial charge in [0.05, 0.1) is 5.92 Å². The van der Waals surface area contributed by atoms with Crippen LogP contribution in [0.4, 0.5) is 0 Å². The van der Waals surface area contributed by atoms with Crippen LogP contribution in [0.5, 0.6) is 5.75 Å². The van der Waals surface area contributed by atoms with Gasteiger partial charge in [-0.2, -0.15) is 0 Å². The number of esters is 1. The Bertz CT molecular complexity index is 985. The number of hydrogen-bond donors (Lipinski definition) is 0. The molecule has 0 spiro atoms. The number of carbonyl (C=O) groups excluding carboxylic acids is 1. The van der Waals surface area contributed by atoms with Crippen molar-refractivity contribution in [2.45, 2.75) is 78.1 Å². The zero-order chi connectivity index (χ0) is 23.3. The van der Waals surface area contributed by atoms with E-state index < -0.39 is 0 Å². The van der Waals surface area contributed by atoms with Crippen molar-refractivity contribution in [3.63, 3.8) is 0 Å². The van der Waals surface area contributed by atoms with Gasteiger partial charge in [0.15, 0.2) is 0 Å². The summed E-state index contributed by atoms with van der Waals surface area (Å²) in [7, 11) is 0. The number of hydrogen-bond acceptors (Lipinski definition) is 2. The number of carbonyl (C=O) groups is 1. The van der Waals surface area contributed by atoms with Gasteiger partial charge in [0, 0.05) is 16.7 Å². The highest BCUT2D eigenvalue weighted by atomic mass is 16.5. The summed E-state index contributed by atoms with van der Waals surface area (Å²) in [5.74, 6) is 13.6. The standard InChI is InChI=1S/C31H36O2/c1-3-5-6-7-8-10-26-17-21-29(22-18-26)31(32)33-30-23-19-28(20-24-30)16-15-27-13-11-25(9-4-2)12-14-27/h11-14,19-20,23-24,26,29H,3,5-8,10,17-18,21-22H2,1-2H3. The van der Waals surface area contributed by atoms with Gasteiger partial charge in [-0.05, 0) is 87.1 Å². The van der Waals surface area contributed by atoms with Gasteiger partial charge in [0.1, 0.15) is 5.75 Å². The summed E-state index contributed by atoms with van der Waals surface area (Å²) in [4.78, 5) is 12.6. The first-order chi connectivity index (χ1) is 16.2. The summed E-state index contributed by atoms with van der Waals surface area (Å²) < 4.78 is 5.67. The molecule has 2 aromatic rings. The molecule has 2 nitrogen and oxygen atoms in total. The van der Waals surface area contributed by atoms with E-state index in [-0.39, 0.29) is 11.9 Å². The minimum Gasteiger partial charge on any atom is -0.426 e. The van der Waals surface area contributed by atoms with E-state index in [9.17, 15) is 4.79 Å². The summed E-state index contributed by atoms with van der Waals surface area (Å²) in [6, 6.07) is 15.4. The molecule has 0 unspecified atom stereocenters. The van der Waals surface area contributed by atoms with Crippen molar-refractivity contribution < 1.29 is 9.53 Å². The fourth-order valence-corrected chi connectivity index (χ4v) is 4.45. The molecule has 0 radical (unpaired) electrons. The zero-order valence-corrected chi connectivity index (χ0v) is 20.2. The fraction of sp³-hybridized carbons (Fsp3) is 0.452. The van der Waals surface area contributed by atoms with E-state index in [0.29, 0.717) is 5.75 Å². The highest BCUT2D eigenvalue weighted by molar-refractivity contribution is 5.75. The first-order valence-electron chi connectivity index (χ1n) is 12.5. The molecule has 0 N–H and O–H groups in total. The average Bonchev–Trinajstić information content (AvgIpc) is 2.85. The van der Waals surface area contributed by atoms with E-state index in [1.807, 2.05) is 55.5 Å². The van der Waals surface area contributed by atoms with Gasteiger partial charge in [-0.25, -0.2) is 0 Å². The minimum atomic E-state index is -0.0782. The van der Waals surface area contributed by atoms with Crippen LogP contribution in [0.2, 0.25) is 0 Å². The smallest absolute Gasteiger partial charge is 0.314 e. The quantitative estimate of drug-likeness (QED) is 0.183. The summed E-state index contributed by atoms with van der Waals surface area (Å²) in [6.07, 6.45) is 12.3. The summed E-state index contributed by atoms with van der Waals surface area (Å²) in [5.41, 5.74) is 2.83. The Hall–Kier alpha value is -2.97. The number of ether oxygens (including phenoxy) is 1. The third-order valence-electron chi connectivity index (χ3n) is 6.47. The molecule has 0 amide bonds. The van der Waals surface area contributed by atoms with Gasteiger partial charge >= 0.3 is 5.97 Å². The second-order valence-corrected chi connectivity index (χ2v) is 9.07. The van der Waals surface area contributed by atoms with Crippen LogP contribution in [0.1, 0.15) is 94.7 Å². The Morgan fingerprint density at radius 1 is 0.788 bits per heavy atom. The average molecular weight is 441 g/mol. The summed E-state index contributed by atoms with van der Waals surface area (Å²) >= 11 is 0. The Morgan fingerprint density at radius 3 is 1.91 bits per heavy atom. The van der Waals surface area contributed by atoms with E-state index in [2.05, 4.69) is 30.6 Å². The molecule has 2 aromatic carbocycles. The third-order valence-corrected chi connectivity index (χ3v) is 6.47. The first kappa shape index (κ1) is 24.7. The molecule has 1 aliphatic carbocycles. The van der Waals surface area contributed by atoms with Gasteiger partial charge < -0.3 is 4.74 Å². The maximum absolute atomic E-state index is 12.6. The van der Waals surface area contributed by atoms with Crippen molar-refractivity contribution in [1.29, 1.82) is 0 Å². The molecule has 0 heterocycles. The molecular formula is C31H36O2. The highest BCUT2D eigenvalue weighted by Gasteiger charge is 2.27. The van der Waals surface area contributed by atoms with Crippen LogP contribution < -0.4 is 4.74 Å². The molecule has 3 rings (SSSR count). The summed E-state index contributed by atoms with van der Waals surface area (Å²) in [6.45, 7) is 4.09. The van der Waals surface area contributed by atoms with Crippen molar-refractivity contribution in [2.75, 3.05) is 0 Å². The maximum atomic E-state index is 12.6. The first-order valence-corrected chi connectivity index (χ1v) is 12.5. The zero-order valence-electron chi connectivity index (χ0n) is 20.2. The molecule has 2 heteroatoms. The molecule has 0 atom stereocenters. The van der Waals surface area contributed by atoms with E-state index in [0.717, 1.165) is 48.3 Å².